The maximum atomic E-state index is 13.2. The van der Waals surface area contributed by atoms with E-state index in [4.69, 9.17) is 21.1 Å². The Morgan fingerprint density at radius 3 is 2.72 bits per heavy atom. The summed E-state index contributed by atoms with van der Waals surface area (Å²) in [4.78, 5) is 29.8. The van der Waals surface area contributed by atoms with Gasteiger partial charge in [-0.3, -0.25) is 9.59 Å². The first kappa shape index (κ1) is 30.0. The monoisotopic (exact) mass is 606 g/mol. The summed E-state index contributed by atoms with van der Waals surface area (Å²) in [5.74, 6) is -0.566. The van der Waals surface area contributed by atoms with E-state index in [1.807, 2.05) is 24.3 Å². The Hall–Kier alpha value is -3.03. The van der Waals surface area contributed by atoms with Crippen molar-refractivity contribution in [3.05, 3.63) is 70.3 Å². The quantitative estimate of drug-likeness (QED) is 0.409. The molecule has 0 aromatic heterocycles. The number of hydrogen-bond acceptors (Lipinski definition) is 5. The minimum absolute atomic E-state index is 0.00652. The second kappa shape index (κ2) is 12.2. The SMILES string of the molecule is CO[C@H]1/C=C/CCN(C)C(=O)C[C@H](C(=O)O)c2ccc3c(c2)N(C[C@@]2(CCCc4cc(Cl)ccc42)CO3)C(C)[C@@H]2CC[C@@H]12. The van der Waals surface area contributed by atoms with Gasteiger partial charge < -0.3 is 24.4 Å². The number of aryl methyl sites for hydroxylation is 1. The van der Waals surface area contributed by atoms with Crippen LogP contribution in [0.2, 0.25) is 5.02 Å². The minimum Gasteiger partial charge on any atom is -0.490 e. The molecule has 2 aromatic rings. The standard InChI is InChI=1S/C35H43ClN2O5/c1-22-26-11-12-27(26)31(42-3)8-4-5-16-37(2)33(39)19-28(34(40)41)23-9-14-32-30(18-23)38(22)20-35(21-43-32)15-6-7-24-17-25(36)10-13-29(24)35/h4,8-10,13-14,17-18,22,26-28,31H,5-7,11-12,15-16,19-21H2,1-3H3,(H,40,41)/b8-4+/t22?,26-,27+,28-,31-,35-/m0/s1. The Bertz CT molecular complexity index is 1410. The number of carboxylic acid groups (broad SMARTS) is 1. The Labute approximate surface area is 259 Å². The molecule has 1 spiro atoms. The Kier molecular flexibility index (Phi) is 8.49. The molecule has 1 amide bonds. The van der Waals surface area contributed by atoms with Gasteiger partial charge in [-0.2, -0.15) is 0 Å². The molecule has 2 aliphatic heterocycles. The molecule has 1 fully saturated rings. The first-order valence-corrected chi connectivity index (χ1v) is 16.1. The van der Waals surface area contributed by atoms with Gasteiger partial charge in [0.15, 0.2) is 0 Å². The predicted molar refractivity (Wildman–Crippen MR) is 168 cm³/mol. The van der Waals surface area contributed by atoms with Crippen molar-refractivity contribution in [2.24, 2.45) is 11.8 Å². The topological polar surface area (TPSA) is 79.3 Å². The van der Waals surface area contributed by atoms with E-state index in [2.05, 4.69) is 36.1 Å². The van der Waals surface area contributed by atoms with Gasteiger partial charge in [0.2, 0.25) is 5.91 Å². The highest BCUT2D eigenvalue weighted by Gasteiger charge is 2.47. The lowest BCUT2D eigenvalue weighted by atomic mass is 9.65. The number of anilines is 1. The van der Waals surface area contributed by atoms with Crippen LogP contribution in [0.3, 0.4) is 0 Å². The zero-order chi connectivity index (χ0) is 30.3. The molecular weight excluding hydrogens is 564 g/mol. The number of halogens is 1. The second-order valence-corrected chi connectivity index (χ2v) is 13.5. The predicted octanol–water partition coefficient (Wildman–Crippen LogP) is 6.22. The van der Waals surface area contributed by atoms with Gasteiger partial charge in [-0.15, -0.1) is 0 Å². The van der Waals surface area contributed by atoms with E-state index in [0.717, 1.165) is 55.1 Å². The molecule has 4 aliphatic rings. The van der Waals surface area contributed by atoms with E-state index < -0.39 is 11.9 Å². The molecule has 2 aromatic carbocycles. The number of hydrogen-bond donors (Lipinski definition) is 1. The summed E-state index contributed by atoms with van der Waals surface area (Å²) in [6.07, 6.45) is 10.1. The lowest BCUT2D eigenvalue weighted by molar-refractivity contribution is -0.142. The van der Waals surface area contributed by atoms with Crippen LogP contribution in [0.5, 0.6) is 5.75 Å². The molecule has 6 rings (SSSR count). The van der Waals surface area contributed by atoms with Gasteiger partial charge in [0, 0.05) is 50.1 Å². The number of nitrogens with zero attached hydrogens (tertiary/aromatic N) is 2. The van der Waals surface area contributed by atoms with Gasteiger partial charge in [0.25, 0.3) is 0 Å². The van der Waals surface area contributed by atoms with Crippen LogP contribution >= 0.6 is 11.6 Å². The number of rotatable bonds is 2. The van der Waals surface area contributed by atoms with Crippen molar-refractivity contribution in [2.45, 2.75) is 75.3 Å². The van der Waals surface area contributed by atoms with Crippen molar-refractivity contribution < 1.29 is 24.2 Å². The van der Waals surface area contributed by atoms with Gasteiger partial charge in [0.05, 0.1) is 24.3 Å². The number of aliphatic carboxylic acids is 1. The molecule has 0 radical (unpaired) electrons. The lowest BCUT2D eigenvalue weighted by Crippen LogP contribution is -2.54. The van der Waals surface area contributed by atoms with Crippen LogP contribution in [0.15, 0.2) is 48.6 Å². The minimum atomic E-state index is -0.992. The molecule has 2 heterocycles. The zero-order valence-corrected chi connectivity index (χ0v) is 26.2. The summed E-state index contributed by atoms with van der Waals surface area (Å²) >= 11 is 6.44. The molecule has 2 bridgehead atoms. The van der Waals surface area contributed by atoms with Gasteiger partial charge in [-0.05, 0) is 98.2 Å². The number of carboxylic acids is 1. The first-order chi connectivity index (χ1) is 20.7. The van der Waals surface area contributed by atoms with Crippen LogP contribution < -0.4 is 9.64 Å². The maximum Gasteiger partial charge on any atom is 0.311 e. The third-order valence-electron chi connectivity index (χ3n) is 10.7. The molecule has 43 heavy (non-hydrogen) atoms. The molecule has 2 aliphatic carbocycles. The smallest absolute Gasteiger partial charge is 0.311 e. The van der Waals surface area contributed by atoms with Crippen molar-refractivity contribution in [1.29, 1.82) is 0 Å². The van der Waals surface area contributed by atoms with Crippen LogP contribution in [0.1, 0.15) is 68.1 Å². The number of carbonyl (C=O) groups is 2. The molecule has 7 nitrogen and oxygen atoms in total. The van der Waals surface area contributed by atoms with E-state index in [-0.39, 0.29) is 29.9 Å². The van der Waals surface area contributed by atoms with Crippen molar-refractivity contribution in [3.8, 4) is 5.75 Å². The highest BCUT2D eigenvalue weighted by molar-refractivity contribution is 6.30. The van der Waals surface area contributed by atoms with Crippen LogP contribution in [0.25, 0.3) is 0 Å². The highest BCUT2D eigenvalue weighted by Crippen LogP contribution is 2.49. The summed E-state index contributed by atoms with van der Waals surface area (Å²) in [5, 5.41) is 11.0. The van der Waals surface area contributed by atoms with Gasteiger partial charge in [-0.1, -0.05) is 35.9 Å². The van der Waals surface area contributed by atoms with Crippen LogP contribution in [0.4, 0.5) is 5.69 Å². The number of ether oxygens (including phenoxy) is 2. The average molecular weight is 607 g/mol. The van der Waals surface area contributed by atoms with E-state index >= 15 is 0 Å². The first-order valence-electron chi connectivity index (χ1n) is 15.7. The van der Waals surface area contributed by atoms with Crippen molar-refractivity contribution in [2.75, 3.05) is 38.8 Å². The number of fused-ring (bicyclic) bond motifs is 4. The molecule has 6 atom stereocenters. The third kappa shape index (κ3) is 5.66. The average Bonchev–Trinajstić information content (AvgIpc) is 3.13. The maximum absolute atomic E-state index is 13.2. The van der Waals surface area contributed by atoms with Gasteiger partial charge >= 0.3 is 5.97 Å². The summed E-state index contributed by atoms with van der Waals surface area (Å²) in [6, 6.07) is 12.2. The van der Waals surface area contributed by atoms with E-state index in [0.29, 0.717) is 37.0 Å². The highest BCUT2D eigenvalue weighted by atomic mass is 35.5. The van der Waals surface area contributed by atoms with Crippen molar-refractivity contribution in [1.82, 2.24) is 4.90 Å². The molecule has 8 heteroatoms. The molecular formula is C35H43ClN2O5. The molecule has 1 unspecified atom stereocenters. The van der Waals surface area contributed by atoms with Crippen molar-refractivity contribution >= 4 is 29.2 Å². The van der Waals surface area contributed by atoms with Gasteiger partial charge in [-0.25, -0.2) is 0 Å². The Balaban J connectivity index is 1.47. The van der Waals surface area contributed by atoms with Gasteiger partial charge in [0.1, 0.15) is 5.75 Å². The fourth-order valence-electron chi connectivity index (χ4n) is 7.97. The Morgan fingerprint density at radius 2 is 1.98 bits per heavy atom. The van der Waals surface area contributed by atoms with E-state index in [9.17, 15) is 14.7 Å². The summed E-state index contributed by atoms with van der Waals surface area (Å²) in [6.45, 7) is 4.14. The largest absolute Gasteiger partial charge is 0.490 e. The zero-order valence-electron chi connectivity index (χ0n) is 25.4. The summed E-state index contributed by atoms with van der Waals surface area (Å²) < 4.78 is 12.7. The summed E-state index contributed by atoms with van der Waals surface area (Å²) in [7, 11) is 3.53. The van der Waals surface area contributed by atoms with E-state index in [1.54, 1.807) is 19.1 Å². The lowest BCUT2D eigenvalue weighted by Gasteiger charge is -2.50. The normalized spacial score (nSPS) is 31.7. The second-order valence-electron chi connectivity index (χ2n) is 13.1. The molecule has 1 N–H and O–H groups in total. The Morgan fingerprint density at radius 1 is 1.16 bits per heavy atom. The number of benzene rings is 2. The summed E-state index contributed by atoms with van der Waals surface area (Å²) in [5.41, 5.74) is 3.91. The van der Waals surface area contributed by atoms with Crippen molar-refractivity contribution in [3.63, 3.8) is 0 Å². The number of methoxy groups -OCH3 is 1. The van der Waals surface area contributed by atoms with Crippen LogP contribution in [-0.4, -0.2) is 67.9 Å². The fourth-order valence-corrected chi connectivity index (χ4v) is 8.17. The fraction of sp³-hybridized carbons (Fsp3) is 0.543. The molecule has 0 saturated heterocycles. The number of carbonyl (C=O) groups excluding carboxylic acids is 1. The van der Waals surface area contributed by atoms with E-state index in [1.165, 1.54) is 11.1 Å². The molecule has 230 valence electrons. The third-order valence-corrected chi connectivity index (χ3v) is 10.9. The molecule has 1 saturated carbocycles. The number of amides is 1. The van der Waals surface area contributed by atoms with Crippen LogP contribution in [0, 0.1) is 11.8 Å². The van der Waals surface area contributed by atoms with Crippen LogP contribution in [-0.2, 0) is 26.2 Å².